The first kappa shape index (κ1) is 16.1. The molecule has 3 amide bonds. The number of rotatable bonds is 3. The third-order valence-electron chi connectivity index (χ3n) is 4.65. The number of hydrogen-bond acceptors (Lipinski definition) is 2. The summed E-state index contributed by atoms with van der Waals surface area (Å²) >= 11 is 6.05. The maximum atomic E-state index is 13.9. The number of likely N-dealkylation sites (tertiary alicyclic amines) is 1. The van der Waals surface area contributed by atoms with E-state index in [-0.39, 0.29) is 29.6 Å². The van der Waals surface area contributed by atoms with Crippen LogP contribution in [0.1, 0.15) is 30.7 Å². The summed E-state index contributed by atoms with van der Waals surface area (Å²) in [5, 5.41) is 3.37. The van der Waals surface area contributed by atoms with Gasteiger partial charge in [-0.2, -0.15) is 0 Å². The number of nitrogens with two attached hydrogens (primary N) is 1. The molecule has 1 aromatic carbocycles. The molecule has 7 heteroatoms. The van der Waals surface area contributed by atoms with Crippen molar-refractivity contribution < 1.29 is 14.0 Å². The van der Waals surface area contributed by atoms with Gasteiger partial charge in [-0.05, 0) is 31.4 Å². The smallest absolute Gasteiger partial charge is 0.314 e. The van der Waals surface area contributed by atoms with Crippen molar-refractivity contribution in [2.24, 2.45) is 11.7 Å². The molecule has 1 saturated carbocycles. The molecule has 0 radical (unpaired) electrons. The van der Waals surface area contributed by atoms with Gasteiger partial charge in [0.25, 0.3) is 0 Å². The molecule has 3 rings (SSSR count). The monoisotopic (exact) mass is 339 g/mol. The Balaban J connectivity index is 1.54. The Morgan fingerprint density at radius 2 is 2.00 bits per heavy atom. The minimum Gasteiger partial charge on any atom is -0.353 e. The summed E-state index contributed by atoms with van der Waals surface area (Å²) < 4.78 is 13.9. The van der Waals surface area contributed by atoms with Gasteiger partial charge in [-0.3, -0.25) is 4.79 Å². The highest BCUT2D eigenvalue weighted by Gasteiger charge is 2.46. The fraction of sp³-hybridized carbons (Fsp3) is 0.500. The lowest BCUT2D eigenvalue weighted by Crippen LogP contribution is -2.48. The predicted octanol–water partition coefficient (Wildman–Crippen LogP) is 2.24. The lowest BCUT2D eigenvalue weighted by molar-refractivity contribution is -0.123. The largest absolute Gasteiger partial charge is 0.353 e. The second-order valence-electron chi connectivity index (χ2n) is 6.19. The van der Waals surface area contributed by atoms with E-state index in [0.29, 0.717) is 42.9 Å². The van der Waals surface area contributed by atoms with Crippen LogP contribution in [0.5, 0.6) is 0 Å². The first-order valence-electron chi connectivity index (χ1n) is 7.76. The van der Waals surface area contributed by atoms with Crippen molar-refractivity contribution in [3.8, 4) is 0 Å². The summed E-state index contributed by atoms with van der Waals surface area (Å²) in [5.74, 6) is -0.785. The van der Waals surface area contributed by atoms with Gasteiger partial charge in [-0.1, -0.05) is 17.7 Å². The molecule has 124 valence electrons. The van der Waals surface area contributed by atoms with Crippen molar-refractivity contribution in [1.29, 1.82) is 0 Å². The number of carbonyl (C=O) groups excluding carboxylic acids is 2. The summed E-state index contributed by atoms with van der Waals surface area (Å²) in [4.78, 5) is 25.0. The Kier molecular flexibility index (Phi) is 4.43. The summed E-state index contributed by atoms with van der Waals surface area (Å²) in [5.41, 5.74) is 5.68. The molecule has 1 aliphatic heterocycles. The van der Waals surface area contributed by atoms with Crippen LogP contribution < -0.4 is 11.1 Å². The number of piperidine rings is 1. The van der Waals surface area contributed by atoms with E-state index in [1.807, 2.05) is 0 Å². The minimum atomic E-state index is -0.425. The van der Waals surface area contributed by atoms with Crippen molar-refractivity contribution in [3.63, 3.8) is 0 Å². The number of nitrogens with one attached hydrogen (secondary N) is 1. The van der Waals surface area contributed by atoms with Gasteiger partial charge in [0.2, 0.25) is 5.91 Å². The average molecular weight is 340 g/mol. The van der Waals surface area contributed by atoms with Crippen LogP contribution in [0.3, 0.4) is 0 Å². The molecule has 1 aliphatic carbocycles. The molecule has 2 atom stereocenters. The highest BCUT2D eigenvalue weighted by molar-refractivity contribution is 6.31. The fourth-order valence-electron chi connectivity index (χ4n) is 3.22. The van der Waals surface area contributed by atoms with Gasteiger partial charge in [0.1, 0.15) is 5.82 Å². The van der Waals surface area contributed by atoms with Crippen molar-refractivity contribution in [1.82, 2.24) is 10.2 Å². The van der Waals surface area contributed by atoms with Crippen molar-refractivity contribution in [2.75, 3.05) is 13.1 Å². The number of amides is 3. The maximum absolute atomic E-state index is 13.9. The Morgan fingerprint density at radius 1 is 1.30 bits per heavy atom. The van der Waals surface area contributed by atoms with E-state index in [1.165, 1.54) is 6.07 Å². The third-order valence-corrected chi connectivity index (χ3v) is 4.98. The van der Waals surface area contributed by atoms with E-state index in [4.69, 9.17) is 17.3 Å². The first-order chi connectivity index (χ1) is 11.0. The molecule has 2 fully saturated rings. The summed E-state index contributed by atoms with van der Waals surface area (Å²) in [6, 6.07) is 4.19. The second kappa shape index (κ2) is 6.35. The third kappa shape index (κ3) is 3.42. The molecular formula is C16H19ClFN3O2. The number of halogens is 2. The molecule has 0 aromatic heterocycles. The summed E-state index contributed by atoms with van der Waals surface area (Å²) in [7, 11) is 0. The van der Waals surface area contributed by atoms with Crippen LogP contribution >= 0.6 is 11.6 Å². The summed E-state index contributed by atoms with van der Waals surface area (Å²) in [6.07, 6.45) is 1.99. The quantitative estimate of drug-likeness (QED) is 0.886. The molecule has 0 unspecified atom stereocenters. The SMILES string of the molecule is NC(=O)N1CCC(NC(=O)[C@H]2C[C@@H]2c2c(F)cccc2Cl)CC1. The van der Waals surface area contributed by atoms with E-state index in [2.05, 4.69) is 5.32 Å². The zero-order valence-corrected chi connectivity index (χ0v) is 13.4. The van der Waals surface area contributed by atoms with E-state index >= 15 is 0 Å². The number of hydrogen-bond donors (Lipinski definition) is 2. The van der Waals surface area contributed by atoms with Crippen LogP contribution in [-0.2, 0) is 4.79 Å². The fourth-order valence-corrected chi connectivity index (χ4v) is 3.52. The lowest BCUT2D eigenvalue weighted by Gasteiger charge is -2.31. The maximum Gasteiger partial charge on any atom is 0.314 e. The highest BCUT2D eigenvalue weighted by Crippen LogP contribution is 2.50. The van der Waals surface area contributed by atoms with Gasteiger partial charge in [-0.15, -0.1) is 0 Å². The Labute approximate surface area is 139 Å². The zero-order chi connectivity index (χ0) is 16.6. The molecule has 23 heavy (non-hydrogen) atoms. The molecule has 1 aromatic rings. The lowest BCUT2D eigenvalue weighted by atomic mass is 10.0. The summed E-state index contributed by atoms with van der Waals surface area (Å²) in [6.45, 7) is 1.10. The van der Waals surface area contributed by atoms with Gasteiger partial charge in [0, 0.05) is 41.6 Å². The number of primary amides is 1. The van der Waals surface area contributed by atoms with Crippen molar-refractivity contribution >= 4 is 23.5 Å². The van der Waals surface area contributed by atoms with Crippen molar-refractivity contribution in [2.45, 2.75) is 31.2 Å². The highest BCUT2D eigenvalue weighted by atomic mass is 35.5. The Morgan fingerprint density at radius 3 is 2.61 bits per heavy atom. The van der Waals surface area contributed by atoms with Crippen LogP contribution in [0.25, 0.3) is 0 Å². The number of benzene rings is 1. The van der Waals surface area contributed by atoms with Crippen LogP contribution in [0.4, 0.5) is 9.18 Å². The van der Waals surface area contributed by atoms with Crippen LogP contribution in [-0.4, -0.2) is 36.0 Å². The van der Waals surface area contributed by atoms with Gasteiger partial charge in [-0.25, -0.2) is 9.18 Å². The molecule has 3 N–H and O–H groups in total. The van der Waals surface area contributed by atoms with E-state index in [9.17, 15) is 14.0 Å². The first-order valence-corrected chi connectivity index (χ1v) is 8.14. The molecule has 0 spiro atoms. The predicted molar refractivity (Wildman–Crippen MR) is 84.6 cm³/mol. The standard InChI is InChI=1S/C16H19ClFN3O2/c17-12-2-1-3-13(18)14(12)10-8-11(10)15(22)20-9-4-6-21(7-5-9)16(19)23/h1-3,9-11H,4-8H2,(H2,19,23)(H,20,22)/t10-,11-/m0/s1. The van der Waals surface area contributed by atoms with Gasteiger partial charge in [0.05, 0.1) is 0 Å². The van der Waals surface area contributed by atoms with E-state index < -0.39 is 6.03 Å². The molecule has 1 heterocycles. The van der Waals surface area contributed by atoms with Gasteiger partial charge < -0.3 is 16.0 Å². The molecule has 5 nitrogen and oxygen atoms in total. The minimum absolute atomic E-state index is 0.0374. The zero-order valence-electron chi connectivity index (χ0n) is 12.6. The van der Waals surface area contributed by atoms with E-state index in [0.717, 1.165) is 0 Å². The van der Waals surface area contributed by atoms with E-state index in [1.54, 1.807) is 17.0 Å². The van der Waals surface area contributed by atoms with Gasteiger partial charge >= 0.3 is 6.03 Å². The molecule has 1 saturated heterocycles. The number of urea groups is 1. The van der Waals surface area contributed by atoms with Crippen molar-refractivity contribution in [3.05, 3.63) is 34.6 Å². The van der Waals surface area contributed by atoms with Gasteiger partial charge in [0.15, 0.2) is 0 Å². The Hall–Kier alpha value is -1.82. The normalized spacial score (nSPS) is 24.3. The Bertz CT molecular complexity index is 612. The number of carbonyl (C=O) groups is 2. The number of nitrogens with zero attached hydrogens (tertiary/aromatic N) is 1. The van der Waals surface area contributed by atoms with Crippen LogP contribution in [0.2, 0.25) is 5.02 Å². The molecule has 2 aliphatic rings. The molecular weight excluding hydrogens is 321 g/mol. The van der Waals surface area contributed by atoms with Crippen LogP contribution in [0.15, 0.2) is 18.2 Å². The second-order valence-corrected chi connectivity index (χ2v) is 6.60. The van der Waals surface area contributed by atoms with Crippen LogP contribution in [0, 0.1) is 11.7 Å². The average Bonchev–Trinajstić information content (AvgIpc) is 3.28. The topological polar surface area (TPSA) is 75.4 Å². The molecule has 0 bridgehead atoms.